The van der Waals surface area contributed by atoms with Gasteiger partial charge in [-0.1, -0.05) is 46.6 Å². The van der Waals surface area contributed by atoms with Gasteiger partial charge in [-0.05, 0) is 43.3 Å². The van der Waals surface area contributed by atoms with Gasteiger partial charge >= 0.3 is 0 Å². The maximum Gasteiger partial charge on any atom is 0.146 e. The van der Waals surface area contributed by atoms with Crippen LogP contribution in [0.25, 0.3) is 0 Å². The van der Waals surface area contributed by atoms with Crippen molar-refractivity contribution in [3.05, 3.63) is 57.5 Å². The van der Waals surface area contributed by atoms with Crippen molar-refractivity contribution in [2.75, 3.05) is 6.54 Å². The summed E-state index contributed by atoms with van der Waals surface area (Å²) in [6, 6.07) is 13.5. The Hall–Kier alpha value is -1.03. The first kappa shape index (κ1) is 15.4. The van der Waals surface area contributed by atoms with Crippen LogP contribution in [0.15, 0.2) is 46.9 Å². The van der Waals surface area contributed by atoms with Crippen LogP contribution in [0.1, 0.15) is 18.9 Å². The summed E-state index contributed by atoms with van der Waals surface area (Å²) in [6.45, 7) is 3.90. The predicted molar refractivity (Wildman–Crippen MR) is 87.7 cm³/mol. The molecule has 0 unspecified atom stereocenters. The van der Waals surface area contributed by atoms with Crippen LogP contribution in [0.5, 0.6) is 11.5 Å². The van der Waals surface area contributed by atoms with E-state index in [1.807, 2.05) is 36.4 Å². The molecule has 0 saturated carbocycles. The Morgan fingerprint density at radius 3 is 2.70 bits per heavy atom. The molecule has 2 nitrogen and oxygen atoms in total. The second kappa shape index (κ2) is 7.67. The molecular formula is C16H17BrClNO. The third kappa shape index (κ3) is 4.23. The fourth-order valence-electron chi connectivity index (χ4n) is 1.83. The van der Waals surface area contributed by atoms with E-state index in [9.17, 15) is 0 Å². The SMILES string of the molecule is CCCNCc1cc(Br)ccc1Oc1ccccc1Cl. The molecule has 106 valence electrons. The van der Waals surface area contributed by atoms with E-state index in [4.69, 9.17) is 16.3 Å². The van der Waals surface area contributed by atoms with Crippen molar-refractivity contribution in [3.63, 3.8) is 0 Å². The Bertz CT molecular complexity index is 574. The normalized spacial score (nSPS) is 10.6. The van der Waals surface area contributed by atoms with Crippen LogP contribution < -0.4 is 10.1 Å². The Morgan fingerprint density at radius 1 is 1.15 bits per heavy atom. The fourth-order valence-corrected chi connectivity index (χ4v) is 2.41. The van der Waals surface area contributed by atoms with Crippen molar-refractivity contribution in [2.45, 2.75) is 19.9 Å². The number of ether oxygens (including phenoxy) is 1. The van der Waals surface area contributed by atoms with Gasteiger partial charge in [0.2, 0.25) is 0 Å². The van der Waals surface area contributed by atoms with Crippen LogP contribution in [0, 0.1) is 0 Å². The summed E-state index contributed by atoms with van der Waals surface area (Å²) in [6.07, 6.45) is 1.11. The zero-order chi connectivity index (χ0) is 14.4. The highest BCUT2D eigenvalue weighted by Gasteiger charge is 2.08. The number of benzene rings is 2. The van der Waals surface area contributed by atoms with Crippen molar-refractivity contribution in [2.24, 2.45) is 0 Å². The quantitative estimate of drug-likeness (QED) is 0.702. The lowest BCUT2D eigenvalue weighted by Crippen LogP contribution is -2.14. The lowest BCUT2D eigenvalue weighted by atomic mass is 10.2. The highest BCUT2D eigenvalue weighted by Crippen LogP contribution is 2.32. The first-order chi connectivity index (χ1) is 9.70. The van der Waals surface area contributed by atoms with Crippen LogP contribution in [0.4, 0.5) is 0 Å². The molecule has 0 bridgehead atoms. The second-order valence-corrected chi connectivity index (χ2v) is 5.78. The molecule has 4 heteroatoms. The maximum absolute atomic E-state index is 6.13. The number of hydrogen-bond donors (Lipinski definition) is 1. The Balaban J connectivity index is 2.20. The van der Waals surface area contributed by atoms with E-state index in [1.54, 1.807) is 0 Å². The number of nitrogens with one attached hydrogen (secondary N) is 1. The van der Waals surface area contributed by atoms with Crippen molar-refractivity contribution >= 4 is 27.5 Å². The standard InChI is InChI=1S/C16H17BrClNO/c1-2-9-19-11-12-10-13(17)7-8-15(12)20-16-6-4-3-5-14(16)18/h3-8,10,19H,2,9,11H2,1H3. The van der Waals surface area contributed by atoms with Crippen molar-refractivity contribution in [1.82, 2.24) is 5.32 Å². The first-order valence-electron chi connectivity index (χ1n) is 6.62. The summed E-state index contributed by atoms with van der Waals surface area (Å²) in [5.74, 6) is 1.50. The minimum absolute atomic E-state index is 0.614. The molecule has 0 aliphatic heterocycles. The highest BCUT2D eigenvalue weighted by atomic mass is 79.9. The molecular weight excluding hydrogens is 338 g/mol. The van der Waals surface area contributed by atoms with E-state index in [0.717, 1.165) is 35.3 Å². The first-order valence-corrected chi connectivity index (χ1v) is 7.79. The summed E-state index contributed by atoms with van der Waals surface area (Å²) < 4.78 is 6.97. The van der Waals surface area contributed by atoms with Gasteiger partial charge in [0, 0.05) is 16.6 Å². The number of halogens is 2. The van der Waals surface area contributed by atoms with Crippen molar-refractivity contribution in [1.29, 1.82) is 0 Å². The maximum atomic E-state index is 6.13. The summed E-state index contributed by atoms with van der Waals surface area (Å²) in [7, 11) is 0. The van der Waals surface area contributed by atoms with E-state index >= 15 is 0 Å². The molecule has 0 spiro atoms. The minimum atomic E-state index is 0.614. The molecule has 2 aromatic carbocycles. The molecule has 0 heterocycles. The van der Waals surface area contributed by atoms with Gasteiger partial charge in [-0.25, -0.2) is 0 Å². The molecule has 0 amide bonds. The average molecular weight is 355 g/mol. The second-order valence-electron chi connectivity index (χ2n) is 4.46. The van der Waals surface area contributed by atoms with Gasteiger partial charge in [0.05, 0.1) is 5.02 Å². The minimum Gasteiger partial charge on any atom is -0.455 e. The zero-order valence-electron chi connectivity index (χ0n) is 11.3. The van der Waals surface area contributed by atoms with E-state index in [1.165, 1.54) is 0 Å². The van der Waals surface area contributed by atoms with Crippen molar-refractivity contribution < 1.29 is 4.74 Å². The Labute approximate surface area is 133 Å². The molecule has 0 fully saturated rings. The molecule has 0 aromatic heterocycles. The van der Waals surface area contributed by atoms with Crippen LogP contribution in [-0.4, -0.2) is 6.54 Å². The van der Waals surface area contributed by atoms with Gasteiger partial charge in [0.25, 0.3) is 0 Å². The average Bonchev–Trinajstić information content (AvgIpc) is 2.44. The third-order valence-corrected chi connectivity index (χ3v) is 3.63. The van der Waals surface area contributed by atoms with E-state index < -0.39 is 0 Å². The molecule has 0 aliphatic carbocycles. The summed E-state index contributed by atoms with van der Waals surface area (Å²) in [5, 5.41) is 4.00. The fraction of sp³-hybridized carbons (Fsp3) is 0.250. The van der Waals surface area contributed by atoms with Gasteiger partial charge in [-0.2, -0.15) is 0 Å². The van der Waals surface area contributed by atoms with Crippen LogP contribution in [-0.2, 0) is 6.54 Å². The van der Waals surface area contributed by atoms with Crippen molar-refractivity contribution in [3.8, 4) is 11.5 Å². The van der Waals surface area contributed by atoms with Gasteiger partial charge in [-0.3, -0.25) is 0 Å². The number of hydrogen-bond acceptors (Lipinski definition) is 2. The Kier molecular flexibility index (Phi) is 5.89. The number of para-hydroxylation sites is 1. The molecule has 20 heavy (non-hydrogen) atoms. The molecule has 0 radical (unpaired) electrons. The van der Waals surface area contributed by atoms with E-state index in [-0.39, 0.29) is 0 Å². The van der Waals surface area contributed by atoms with Gasteiger partial charge in [0.15, 0.2) is 0 Å². The smallest absolute Gasteiger partial charge is 0.146 e. The van der Waals surface area contributed by atoms with Gasteiger partial charge < -0.3 is 10.1 Å². The Morgan fingerprint density at radius 2 is 1.95 bits per heavy atom. The van der Waals surface area contributed by atoms with Crippen LogP contribution in [0.2, 0.25) is 5.02 Å². The molecule has 1 N–H and O–H groups in total. The summed E-state index contributed by atoms with van der Waals surface area (Å²) in [4.78, 5) is 0. The summed E-state index contributed by atoms with van der Waals surface area (Å²) in [5.41, 5.74) is 1.10. The molecule has 0 saturated heterocycles. The summed E-state index contributed by atoms with van der Waals surface area (Å²) >= 11 is 9.63. The van der Waals surface area contributed by atoms with Gasteiger partial charge in [-0.15, -0.1) is 0 Å². The lowest BCUT2D eigenvalue weighted by molar-refractivity contribution is 0.472. The van der Waals surface area contributed by atoms with Crippen LogP contribution >= 0.6 is 27.5 Å². The van der Waals surface area contributed by atoms with Crippen LogP contribution in [0.3, 0.4) is 0 Å². The van der Waals surface area contributed by atoms with E-state index in [0.29, 0.717) is 10.8 Å². The predicted octanol–water partition coefficient (Wildman–Crippen LogP) is 5.39. The molecule has 2 rings (SSSR count). The highest BCUT2D eigenvalue weighted by molar-refractivity contribution is 9.10. The molecule has 0 aliphatic rings. The van der Waals surface area contributed by atoms with Gasteiger partial charge in [0.1, 0.15) is 11.5 Å². The zero-order valence-corrected chi connectivity index (χ0v) is 13.7. The lowest BCUT2D eigenvalue weighted by Gasteiger charge is -2.13. The topological polar surface area (TPSA) is 21.3 Å². The monoisotopic (exact) mass is 353 g/mol. The molecule has 0 atom stereocenters. The number of rotatable bonds is 6. The third-order valence-electron chi connectivity index (χ3n) is 2.82. The van der Waals surface area contributed by atoms with E-state index in [2.05, 4.69) is 34.2 Å². The largest absolute Gasteiger partial charge is 0.455 e. The molecule has 2 aromatic rings.